The van der Waals surface area contributed by atoms with Gasteiger partial charge in [0.1, 0.15) is 16.2 Å². The third kappa shape index (κ3) is 3.67. The predicted octanol–water partition coefficient (Wildman–Crippen LogP) is 2.11. The molecule has 0 aromatic heterocycles. The minimum absolute atomic E-state index is 0.101. The highest BCUT2D eigenvalue weighted by atomic mass is 35.5. The Balaban J connectivity index is 3.11. The van der Waals surface area contributed by atoms with Crippen molar-refractivity contribution >= 4 is 38.0 Å². The standard InChI is InChI=1S/C10H12ClFN2O2S/c1-6(17(2,15)16)10(11)14-9-4-3-7(12)5-8(9)13/h3-6H,13H2,1-2H3. The van der Waals surface area contributed by atoms with Crippen LogP contribution in [-0.2, 0) is 9.84 Å². The Labute approximate surface area is 104 Å². The van der Waals surface area contributed by atoms with Gasteiger partial charge >= 0.3 is 0 Å². The van der Waals surface area contributed by atoms with Crippen molar-refractivity contribution in [1.82, 2.24) is 0 Å². The third-order valence-electron chi connectivity index (χ3n) is 2.19. The first-order valence-electron chi connectivity index (χ1n) is 4.70. The molecule has 1 atom stereocenters. The molecule has 1 unspecified atom stereocenters. The summed E-state index contributed by atoms with van der Waals surface area (Å²) in [6, 6.07) is 3.60. The highest BCUT2D eigenvalue weighted by Crippen LogP contribution is 2.24. The Hall–Kier alpha value is -1.14. The predicted molar refractivity (Wildman–Crippen MR) is 68.1 cm³/mol. The molecule has 0 amide bonds. The van der Waals surface area contributed by atoms with E-state index in [1.165, 1.54) is 19.1 Å². The van der Waals surface area contributed by atoms with Gasteiger partial charge in [-0.05, 0) is 25.1 Å². The van der Waals surface area contributed by atoms with Crippen molar-refractivity contribution in [2.24, 2.45) is 4.99 Å². The van der Waals surface area contributed by atoms with Crippen molar-refractivity contribution in [3.8, 4) is 0 Å². The van der Waals surface area contributed by atoms with E-state index in [0.717, 1.165) is 12.3 Å². The zero-order valence-electron chi connectivity index (χ0n) is 9.31. The van der Waals surface area contributed by atoms with Gasteiger partial charge in [-0.3, -0.25) is 0 Å². The first-order chi connectivity index (χ1) is 7.71. The Morgan fingerprint density at radius 3 is 2.59 bits per heavy atom. The molecule has 0 aliphatic carbocycles. The number of hydrogen-bond donors (Lipinski definition) is 1. The Morgan fingerprint density at radius 1 is 1.53 bits per heavy atom. The van der Waals surface area contributed by atoms with E-state index >= 15 is 0 Å². The Morgan fingerprint density at radius 2 is 2.12 bits per heavy atom. The van der Waals surface area contributed by atoms with Crippen LogP contribution in [0, 0.1) is 5.82 Å². The van der Waals surface area contributed by atoms with Gasteiger partial charge < -0.3 is 5.73 Å². The van der Waals surface area contributed by atoms with Crippen LogP contribution < -0.4 is 5.73 Å². The topological polar surface area (TPSA) is 72.5 Å². The summed E-state index contributed by atoms with van der Waals surface area (Å²) in [5.74, 6) is -0.492. The van der Waals surface area contributed by atoms with E-state index in [1.807, 2.05) is 0 Å². The fourth-order valence-electron chi connectivity index (χ4n) is 1.01. The van der Waals surface area contributed by atoms with Gasteiger partial charge in [-0.2, -0.15) is 0 Å². The molecule has 0 bridgehead atoms. The summed E-state index contributed by atoms with van der Waals surface area (Å²) < 4.78 is 35.3. The van der Waals surface area contributed by atoms with Crippen molar-refractivity contribution in [3.63, 3.8) is 0 Å². The summed E-state index contributed by atoms with van der Waals surface area (Å²) in [5.41, 5.74) is 5.87. The van der Waals surface area contributed by atoms with Crippen molar-refractivity contribution in [3.05, 3.63) is 24.0 Å². The van der Waals surface area contributed by atoms with Crippen LogP contribution in [0.2, 0.25) is 0 Å². The molecule has 7 heteroatoms. The summed E-state index contributed by atoms with van der Waals surface area (Å²) >= 11 is 5.78. The molecule has 0 radical (unpaired) electrons. The van der Waals surface area contributed by atoms with E-state index < -0.39 is 20.9 Å². The van der Waals surface area contributed by atoms with Gasteiger partial charge in [-0.1, -0.05) is 11.6 Å². The lowest BCUT2D eigenvalue weighted by atomic mass is 10.2. The van der Waals surface area contributed by atoms with Gasteiger partial charge in [0.25, 0.3) is 0 Å². The molecule has 17 heavy (non-hydrogen) atoms. The second kappa shape index (κ2) is 5.01. The Kier molecular flexibility index (Phi) is 4.11. The molecule has 0 saturated heterocycles. The van der Waals surface area contributed by atoms with Crippen LogP contribution in [0.15, 0.2) is 23.2 Å². The molecule has 0 fully saturated rings. The highest BCUT2D eigenvalue weighted by molar-refractivity contribution is 7.92. The second-order valence-electron chi connectivity index (χ2n) is 3.61. The molecule has 0 saturated carbocycles. The van der Waals surface area contributed by atoms with Crippen molar-refractivity contribution in [2.45, 2.75) is 12.2 Å². The van der Waals surface area contributed by atoms with Crippen LogP contribution >= 0.6 is 11.6 Å². The molecule has 1 aromatic carbocycles. The van der Waals surface area contributed by atoms with Gasteiger partial charge in [0.05, 0.1) is 11.4 Å². The fourth-order valence-corrected chi connectivity index (χ4v) is 1.99. The molecule has 0 spiro atoms. The lowest BCUT2D eigenvalue weighted by molar-refractivity contribution is 0.599. The molecule has 2 N–H and O–H groups in total. The lowest BCUT2D eigenvalue weighted by Crippen LogP contribution is -2.22. The summed E-state index contributed by atoms with van der Waals surface area (Å²) in [4.78, 5) is 3.88. The Bertz CT molecular complexity index is 557. The number of rotatable bonds is 3. The number of nitrogen functional groups attached to an aromatic ring is 1. The van der Waals surface area contributed by atoms with E-state index in [1.54, 1.807) is 0 Å². The minimum atomic E-state index is -3.32. The third-order valence-corrected chi connectivity index (χ3v) is 4.24. The van der Waals surface area contributed by atoms with Crippen molar-refractivity contribution < 1.29 is 12.8 Å². The summed E-state index contributed by atoms with van der Waals surface area (Å²) in [6.07, 6.45) is 1.06. The highest BCUT2D eigenvalue weighted by Gasteiger charge is 2.20. The van der Waals surface area contributed by atoms with Gasteiger partial charge in [-0.15, -0.1) is 0 Å². The fraction of sp³-hybridized carbons (Fsp3) is 0.300. The summed E-state index contributed by atoms with van der Waals surface area (Å²) in [6.45, 7) is 1.42. The molecular formula is C10H12ClFN2O2S. The van der Waals surface area contributed by atoms with E-state index in [9.17, 15) is 12.8 Å². The van der Waals surface area contributed by atoms with Crippen LogP contribution in [0.1, 0.15) is 6.92 Å². The number of nitrogens with two attached hydrogens (primary N) is 1. The molecule has 1 rings (SSSR count). The van der Waals surface area contributed by atoms with Crippen LogP contribution in [0.25, 0.3) is 0 Å². The lowest BCUT2D eigenvalue weighted by Gasteiger charge is -2.07. The summed E-state index contributed by atoms with van der Waals surface area (Å²) in [5, 5.41) is -1.03. The molecule has 0 aliphatic heterocycles. The molecule has 0 aliphatic rings. The molecule has 94 valence electrons. The van der Waals surface area contributed by atoms with Gasteiger partial charge in [0, 0.05) is 6.26 Å². The quantitative estimate of drug-likeness (QED) is 0.680. The average Bonchev–Trinajstić information content (AvgIpc) is 2.19. The number of anilines is 1. The SMILES string of the molecule is CC(C(Cl)=Nc1ccc(F)cc1N)S(C)(=O)=O. The smallest absolute Gasteiger partial charge is 0.156 e. The van der Waals surface area contributed by atoms with Crippen LogP contribution in [-0.4, -0.2) is 25.1 Å². The zero-order valence-corrected chi connectivity index (χ0v) is 10.9. The van der Waals surface area contributed by atoms with Crippen LogP contribution in [0.5, 0.6) is 0 Å². The minimum Gasteiger partial charge on any atom is -0.397 e. The van der Waals surface area contributed by atoms with E-state index in [0.29, 0.717) is 0 Å². The monoisotopic (exact) mass is 278 g/mol. The maximum atomic E-state index is 12.8. The van der Waals surface area contributed by atoms with Crippen molar-refractivity contribution in [2.75, 3.05) is 12.0 Å². The number of halogens is 2. The number of aliphatic imine (C=N–C) groups is 1. The molecule has 4 nitrogen and oxygen atoms in total. The second-order valence-corrected chi connectivity index (χ2v) is 6.36. The van der Waals surface area contributed by atoms with E-state index in [-0.39, 0.29) is 16.5 Å². The maximum Gasteiger partial charge on any atom is 0.156 e. The van der Waals surface area contributed by atoms with Crippen LogP contribution in [0.4, 0.5) is 15.8 Å². The van der Waals surface area contributed by atoms with E-state index in [2.05, 4.69) is 4.99 Å². The molecule has 1 aromatic rings. The normalized spacial score (nSPS) is 14.7. The van der Waals surface area contributed by atoms with E-state index in [4.69, 9.17) is 17.3 Å². The first-order valence-corrected chi connectivity index (χ1v) is 7.03. The van der Waals surface area contributed by atoms with Gasteiger partial charge in [-0.25, -0.2) is 17.8 Å². The van der Waals surface area contributed by atoms with Gasteiger partial charge in [0.15, 0.2) is 9.84 Å². The van der Waals surface area contributed by atoms with Gasteiger partial charge in [0.2, 0.25) is 0 Å². The number of hydrogen-bond acceptors (Lipinski definition) is 4. The van der Waals surface area contributed by atoms with Crippen molar-refractivity contribution in [1.29, 1.82) is 0 Å². The first kappa shape index (κ1) is 13.9. The number of sulfone groups is 1. The molecular weight excluding hydrogens is 267 g/mol. The molecule has 0 heterocycles. The largest absolute Gasteiger partial charge is 0.397 e. The number of benzene rings is 1. The van der Waals surface area contributed by atoms with Crippen LogP contribution in [0.3, 0.4) is 0 Å². The summed E-state index contributed by atoms with van der Waals surface area (Å²) in [7, 11) is -3.32. The zero-order chi connectivity index (χ0) is 13.2. The number of nitrogens with zero attached hydrogens (tertiary/aromatic N) is 1. The average molecular weight is 279 g/mol. The maximum absolute atomic E-state index is 12.8.